The van der Waals surface area contributed by atoms with Gasteiger partial charge in [0.2, 0.25) is 0 Å². The third-order valence-electron chi connectivity index (χ3n) is 5.69. The van der Waals surface area contributed by atoms with Crippen molar-refractivity contribution in [3.05, 3.63) is 0 Å². The van der Waals surface area contributed by atoms with Crippen LogP contribution in [0.3, 0.4) is 0 Å². The molecule has 0 aliphatic heterocycles. The average molecular weight is 279 g/mol. The van der Waals surface area contributed by atoms with Crippen LogP contribution in [0.1, 0.15) is 77.0 Å². The van der Waals surface area contributed by atoms with Crippen LogP contribution in [0, 0.1) is 11.8 Å². The van der Waals surface area contributed by atoms with E-state index in [4.69, 9.17) is 4.74 Å². The zero-order valence-electron chi connectivity index (χ0n) is 12.6. The lowest BCUT2D eigenvalue weighted by Crippen LogP contribution is -2.40. The molecule has 0 aromatic heterocycles. The molecule has 0 saturated heterocycles. The number of rotatable bonds is 2. The monoisotopic (exact) mass is 279 g/mol. The summed E-state index contributed by atoms with van der Waals surface area (Å²) in [6, 6.07) is 0.363. The lowest BCUT2D eigenvalue weighted by atomic mass is 9.70. The molecule has 1 N–H and O–H groups in total. The zero-order chi connectivity index (χ0) is 13.8. The zero-order valence-corrected chi connectivity index (χ0v) is 12.6. The number of nitrogens with one attached hydrogen (secondary N) is 1. The van der Waals surface area contributed by atoms with E-state index in [0.29, 0.717) is 6.04 Å². The summed E-state index contributed by atoms with van der Waals surface area (Å²) in [5.74, 6) is 1.75. The topological polar surface area (TPSA) is 38.3 Å². The molecule has 0 unspecified atom stereocenters. The highest BCUT2D eigenvalue weighted by molar-refractivity contribution is 5.67. The number of amides is 1. The van der Waals surface area contributed by atoms with E-state index in [9.17, 15) is 4.79 Å². The Balaban J connectivity index is 1.42. The van der Waals surface area contributed by atoms with Crippen molar-refractivity contribution in [3.63, 3.8) is 0 Å². The van der Waals surface area contributed by atoms with Crippen molar-refractivity contribution >= 4 is 6.09 Å². The molecular formula is C17H29NO2. The molecule has 3 nitrogen and oxygen atoms in total. The summed E-state index contributed by atoms with van der Waals surface area (Å²) in [6.07, 6.45) is 15.1. The van der Waals surface area contributed by atoms with Crippen LogP contribution in [-0.2, 0) is 4.74 Å². The maximum atomic E-state index is 12.0. The number of fused-ring (bicyclic) bond motifs is 1. The van der Waals surface area contributed by atoms with Gasteiger partial charge in [0.15, 0.2) is 0 Å². The Hall–Kier alpha value is -0.730. The molecule has 0 aromatic rings. The van der Waals surface area contributed by atoms with Crippen LogP contribution < -0.4 is 5.32 Å². The Morgan fingerprint density at radius 1 is 0.800 bits per heavy atom. The second-order valence-corrected chi connectivity index (χ2v) is 7.12. The van der Waals surface area contributed by atoms with Crippen molar-refractivity contribution in [2.24, 2.45) is 11.8 Å². The minimum atomic E-state index is -0.156. The van der Waals surface area contributed by atoms with Crippen molar-refractivity contribution in [1.29, 1.82) is 0 Å². The Kier molecular flexibility index (Phi) is 4.85. The highest BCUT2D eigenvalue weighted by Crippen LogP contribution is 2.41. The molecule has 0 heterocycles. The Morgan fingerprint density at radius 3 is 2.30 bits per heavy atom. The molecule has 3 fully saturated rings. The predicted octanol–water partition coefficient (Wildman–Crippen LogP) is 4.40. The number of hydrogen-bond acceptors (Lipinski definition) is 2. The largest absolute Gasteiger partial charge is 0.446 e. The first-order valence-corrected chi connectivity index (χ1v) is 8.78. The van der Waals surface area contributed by atoms with E-state index in [2.05, 4.69) is 5.32 Å². The third-order valence-corrected chi connectivity index (χ3v) is 5.69. The van der Waals surface area contributed by atoms with Gasteiger partial charge in [0.25, 0.3) is 0 Å². The van der Waals surface area contributed by atoms with E-state index in [1.807, 2.05) is 0 Å². The van der Waals surface area contributed by atoms with Crippen LogP contribution in [0.25, 0.3) is 0 Å². The van der Waals surface area contributed by atoms with Gasteiger partial charge in [0.1, 0.15) is 6.10 Å². The van der Waals surface area contributed by atoms with Crippen molar-refractivity contribution < 1.29 is 9.53 Å². The Labute approximate surface area is 122 Å². The van der Waals surface area contributed by atoms with Crippen LogP contribution in [0.15, 0.2) is 0 Å². The van der Waals surface area contributed by atoms with Gasteiger partial charge in [-0.3, -0.25) is 0 Å². The van der Waals surface area contributed by atoms with Crippen molar-refractivity contribution in [2.75, 3.05) is 0 Å². The molecule has 1 amide bonds. The summed E-state index contributed by atoms with van der Waals surface area (Å²) in [4.78, 5) is 12.0. The Morgan fingerprint density at radius 2 is 1.50 bits per heavy atom. The molecular weight excluding hydrogens is 250 g/mol. The summed E-state index contributed by atoms with van der Waals surface area (Å²) < 4.78 is 5.69. The number of ether oxygens (including phenoxy) is 1. The number of carbonyl (C=O) groups excluding carboxylic acids is 1. The number of hydrogen-bond donors (Lipinski definition) is 1. The fourth-order valence-corrected chi connectivity index (χ4v) is 4.54. The first kappa shape index (κ1) is 14.2. The maximum absolute atomic E-state index is 12.0. The third kappa shape index (κ3) is 3.67. The molecule has 3 rings (SSSR count). The van der Waals surface area contributed by atoms with E-state index in [-0.39, 0.29) is 12.2 Å². The van der Waals surface area contributed by atoms with Gasteiger partial charge < -0.3 is 10.1 Å². The van der Waals surface area contributed by atoms with E-state index in [1.54, 1.807) is 0 Å². The lowest BCUT2D eigenvalue weighted by Gasteiger charge is -2.39. The first-order valence-electron chi connectivity index (χ1n) is 8.78. The highest BCUT2D eigenvalue weighted by Gasteiger charge is 2.33. The van der Waals surface area contributed by atoms with Gasteiger partial charge in [-0.2, -0.15) is 0 Å². The fourth-order valence-electron chi connectivity index (χ4n) is 4.54. The van der Waals surface area contributed by atoms with Crippen molar-refractivity contribution in [3.8, 4) is 0 Å². The highest BCUT2D eigenvalue weighted by atomic mass is 16.6. The molecule has 0 spiro atoms. The van der Waals surface area contributed by atoms with Gasteiger partial charge in [-0.15, -0.1) is 0 Å². The van der Waals surface area contributed by atoms with E-state index < -0.39 is 0 Å². The van der Waals surface area contributed by atoms with Crippen LogP contribution in [0.4, 0.5) is 4.79 Å². The average Bonchev–Trinajstić information content (AvgIpc) is 2.48. The molecule has 3 atom stereocenters. The SMILES string of the molecule is O=C(NC1CCCCC1)O[C@@H]1CC[C@@H]2CCCC[C@@H]2C1. The summed E-state index contributed by atoms with van der Waals surface area (Å²) >= 11 is 0. The van der Waals surface area contributed by atoms with Crippen LogP contribution in [0.5, 0.6) is 0 Å². The van der Waals surface area contributed by atoms with Gasteiger partial charge >= 0.3 is 6.09 Å². The normalized spacial score (nSPS) is 35.1. The van der Waals surface area contributed by atoms with Crippen LogP contribution in [0.2, 0.25) is 0 Å². The number of carbonyl (C=O) groups is 1. The van der Waals surface area contributed by atoms with E-state index in [1.165, 1.54) is 51.4 Å². The summed E-state index contributed by atoms with van der Waals surface area (Å²) in [7, 11) is 0. The molecule has 3 aliphatic carbocycles. The van der Waals surface area contributed by atoms with Crippen LogP contribution in [-0.4, -0.2) is 18.2 Å². The summed E-state index contributed by atoms with van der Waals surface area (Å²) in [5, 5.41) is 3.08. The molecule has 3 aliphatic rings. The van der Waals surface area contributed by atoms with Crippen molar-refractivity contribution in [2.45, 2.75) is 89.2 Å². The molecule has 0 aromatic carbocycles. The van der Waals surface area contributed by atoms with Gasteiger partial charge in [-0.25, -0.2) is 4.79 Å². The minimum absolute atomic E-state index is 0.156. The maximum Gasteiger partial charge on any atom is 0.407 e. The smallest absolute Gasteiger partial charge is 0.407 e. The Bertz CT molecular complexity index is 325. The number of alkyl carbamates (subject to hydrolysis) is 1. The second-order valence-electron chi connectivity index (χ2n) is 7.12. The molecule has 0 bridgehead atoms. The molecule has 3 heteroatoms. The van der Waals surface area contributed by atoms with Gasteiger partial charge in [-0.05, 0) is 43.9 Å². The standard InChI is InChI=1S/C17H29NO2/c19-17(18-15-8-2-1-3-9-15)20-16-11-10-13-6-4-5-7-14(13)12-16/h13-16H,1-12H2,(H,18,19)/t13-,14+,16+/m0/s1. The molecule has 20 heavy (non-hydrogen) atoms. The van der Waals surface area contributed by atoms with E-state index >= 15 is 0 Å². The van der Waals surface area contributed by atoms with Gasteiger partial charge in [0.05, 0.1) is 0 Å². The van der Waals surface area contributed by atoms with E-state index in [0.717, 1.165) is 37.5 Å². The predicted molar refractivity (Wildman–Crippen MR) is 79.6 cm³/mol. The second kappa shape index (κ2) is 6.82. The van der Waals surface area contributed by atoms with Crippen LogP contribution >= 0.6 is 0 Å². The molecule has 3 saturated carbocycles. The first-order chi connectivity index (χ1) is 9.81. The summed E-state index contributed by atoms with van der Waals surface area (Å²) in [6.45, 7) is 0. The molecule has 114 valence electrons. The summed E-state index contributed by atoms with van der Waals surface area (Å²) in [5.41, 5.74) is 0. The lowest BCUT2D eigenvalue weighted by molar-refractivity contribution is 0.0257. The van der Waals surface area contributed by atoms with Gasteiger partial charge in [0, 0.05) is 6.04 Å². The minimum Gasteiger partial charge on any atom is -0.446 e. The quantitative estimate of drug-likeness (QED) is 0.813. The van der Waals surface area contributed by atoms with Gasteiger partial charge in [-0.1, -0.05) is 44.9 Å². The molecule has 0 radical (unpaired) electrons. The fraction of sp³-hybridized carbons (Fsp3) is 0.941. The van der Waals surface area contributed by atoms with Crippen molar-refractivity contribution in [1.82, 2.24) is 5.32 Å².